The van der Waals surface area contributed by atoms with Gasteiger partial charge in [0, 0.05) is 13.0 Å². The largest absolute Gasteiger partial charge is 0.472 e. The van der Waals surface area contributed by atoms with E-state index in [1.54, 1.807) is 6.07 Å². The molecule has 68 valence electrons. The van der Waals surface area contributed by atoms with Crippen molar-refractivity contribution in [3.63, 3.8) is 0 Å². The Kier molecular flexibility index (Phi) is 3.65. The third kappa shape index (κ3) is 3.04. The highest BCUT2D eigenvalue weighted by Crippen LogP contribution is 1.98. The van der Waals surface area contributed by atoms with Crippen molar-refractivity contribution in [3.8, 4) is 12.3 Å². The Morgan fingerprint density at radius 2 is 2.54 bits per heavy atom. The Balaban J connectivity index is 2.24. The lowest BCUT2D eigenvalue weighted by molar-refractivity contribution is 0.0952. The molecule has 0 unspecified atom stereocenters. The molecule has 0 bridgehead atoms. The summed E-state index contributed by atoms with van der Waals surface area (Å²) in [6.45, 7) is 0.605. The van der Waals surface area contributed by atoms with Gasteiger partial charge in [-0.2, -0.15) is 0 Å². The molecule has 3 nitrogen and oxygen atoms in total. The van der Waals surface area contributed by atoms with E-state index in [0.717, 1.165) is 6.42 Å². The van der Waals surface area contributed by atoms with Crippen molar-refractivity contribution in [1.29, 1.82) is 0 Å². The van der Waals surface area contributed by atoms with Gasteiger partial charge in [0.2, 0.25) is 0 Å². The Morgan fingerprint density at radius 1 is 1.69 bits per heavy atom. The first kappa shape index (κ1) is 9.40. The fourth-order valence-corrected chi connectivity index (χ4v) is 0.888. The first-order valence-electron chi connectivity index (χ1n) is 4.08. The van der Waals surface area contributed by atoms with Crippen LogP contribution in [0.25, 0.3) is 0 Å². The van der Waals surface area contributed by atoms with Gasteiger partial charge >= 0.3 is 0 Å². The maximum atomic E-state index is 11.2. The van der Waals surface area contributed by atoms with E-state index >= 15 is 0 Å². The first-order valence-corrected chi connectivity index (χ1v) is 4.08. The maximum absolute atomic E-state index is 11.2. The molecular formula is C10H11NO2. The molecule has 0 spiro atoms. The Bertz CT molecular complexity index is 295. The van der Waals surface area contributed by atoms with E-state index in [1.807, 2.05) is 0 Å². The van der Waals surface area contributed by atoms with Crippen LogP contribution in [-0.2, 0) is 0 Å². The highest BCUT2D eigenvalue weighted by atomic mass is 16.3. The molecule has 13 heavy (non-hydrogen) atoms. The number of unbranched alkanes of at least 4 members (excludes halogenated alkanes) is 1. The molecule has 0 fully saturated rings. The molecular weight excluding hydrogens is 166 g/mol. The molecule has 0 aliphatic carbocycles. The van der Waals surface area contributed by atoms with Gasteiger partial charge in [-0.1, -0.05) is 0 Å². The Hall–Kier alpha value is -1.69. The zero-order valence-corrected chi connectivity index (χ0v) is 7.25. The minimum absolute atomic E-state index is 0.120. The van der Waals surface area contributed by atoms with Gasteiger partial charge in [0.25, 0.3) is 5.91 Å². The van der Waals surface area contributed by atoms with Crippen LogP contribution in [0.3, 0.4) is 0 Å². The molecule has 3 heteroatoms. The van der Waals surface area contributed by atoms with Crippen LogP contribution in [0.15, 0.2) is 23.0 Å². The lowest BCUT2D eigenvalue weighted by Gasteiger charge is -2.00. The van der Waals surface area contributed by atoms with E-state index in [4.69, 9.17) is 10.8 Å². The van der Waals surface area contributed by atoms with Gasteiger partial charge in [0.05, 0.1) is 11.8 Å². The molecule has 0 aliphatic heterocycles. The van der Waals surface area contributed by atoms with E-state index in [-0.39, 0.29) is 5.91 Å². The highest BCUT2D eigenvalue weighted by molar-refractivity contribution is 5.93. The quantitative estimate of drug-likeness (QED) is 0.558. The third-order valence-electron chi connectivity index (χ3n) is 1.57. The van der Waals surface area contributed by atoms with Crippen LogP contribution >= 0.6 is 0 Å². The number of terminal acetylenes is 1. The van der Waals surface area contributed by atoms with Gasteiger partial charge in [-0.25, -0.2) is 0 Å². The fourth-order valence-electron chi connectivity index (χ4n) is 0.888. The van der Waals surface area contributed by atoms with Crippen LogP contribution in [-0.4, -0.2) is 12.5 Å². The van der Waals surface area contributed by atoms with Crippen molar-refractivity contribution in [3.05, 3.63) is 24.2 Å². The zero-order valence-electron chi connectivity index (χ0n) is 7.25. The first-order chi connectivity index (χ1) is 6.34. The molecule has 0 radical (unpaired) electrons. The van der Waals surface area contributed by atoms with Gasteiger partial charge in [-0.15, -0.1) is 12.3 Å². The van der Waals surface area contributed by atoms with E-state index in [2.05, 4.69) is 11.2 Å². The van der Waals surface area contributed by atoms with Crippen molar-refractivity contribution < 1.29 is 9.21 Å². The van der Waals surface area contributed by atoms with Crippen molar-refractivity contribution in [1.82, 2.24) is 5.32 Å². The standard InChI is InChI=1S/C10H11NO2/c1-2-3-4-6-11-10(12)9-5-7-13-8-9/h1,5,7-8H,3-4,6H2,(H,11,12). The lowest BCUT2D eigenvalue weighted by atomic mass is 10.3. The van der Waals surface area contributed by atoms with E-state index in [0.29, 0.717) is 18.5 Å². The average Bonchev–Trinajstić information content (AvgIpc) is 2.65. The predicted molar refractivity (Wildman–Crippen MR) is 49.1 cm³/mol. The summed E-state index contributed by atoms with van der Waals surface area (Å²) in [5.74, 6) is 2.39. The Morgan fingerprint density at radius 3 is 3.15 bits per heavy atom. The van der Waals surface area contributed by atoms with Crippen LogP contribution in [0.1, 0.15) is 23.2 Å². The van der Waals surface area contributed by atoms with E-state index < -0.39 is 0 Å². The third-order valence-corrected chi connectivity index (χ3v) is 1.57. The average molecular weight is 177 g/mol. The molecule has 0 aromatic carbocycles. The minimum Gasteiger partial charge on any atom is -0.472 e. The van der Waals surface area contributed by atoms with Crippen LogP contribution in [0.4, 0.5) is 0 Å². The molecule has 0 atom stereocenters. The van der Waals surface area contributed by atoms with Gasteiger partial charge < -0.3 is 9.73 Å². The second-order valence-electron chi connectivity index (χ2n) is 2.58. The molecule has 1 rings (SSSR count). The van der Waals surface area contributed by atoms with Crippen LogP contribution in [0.2, 0.25) is 0 Å². The van der Waals surface area contributed by atoms with E-state index in [1.165, 1.54) is 12.5 Å². The molecule has 1 amide bonds. The van der Waals surface area contributed by atoms with Crippen LogP contribution < -0.4 is 5.32 Å². The summed E-state index contributed by atoms with van der Waals surface area (Å²) in [5.41, 5.74) is 0.542. The van der Waals surface area contributed by atoms with Crippen molar-refractivity contribution in [2.24, 2.45) is 0 Å². The summed E-state index contributed by atoms with van der Waals surface area (Å²) in [4.78, 5) is 11.2. The fraction of sp³-hybridized carbons (Fsp3) is 0.300. The molecule has 1 N–H and O–H groups in total. The summed E-state index contributed by atoms with van der Waals surface area (Å²) in [7, 11) is 0. The summed E-state index contributed by atoms with van der Waals surface area (Å²) in [6.07, 6.45) is 9.44. The van der Waals surface area contributed by atoms with Crippen molar-refractivity contribution >= 4 is 5.91 Å². The van der Waals surface area contributed by atoms with E-state index in [9.17, 15) is 4.79 Å². The smallest absolute Gasteiger partial charge is 0.254 e. The molecule has 0 aliphatic rings. The topological polar surface area (TPSA) is 42.2 Å². The minimum atomic E-state index is -0.120. The van der Waals surface area contributed by atoms with Crippen molar-refractivity contribution in [2.45, 2.75) is 12.8 Å². The number of furan rings is 1. The SMILES string of the molecule is C#CCCCNC(=O)c1ccoc1. The molecule has 0 saturated heterocycles. The summed E-state index contributed by atoms with van der Waals surface area (Å²) >= 11 is 0. The maximum Gasteiger partial charge on any atom is 0.254 e. The second-order valence-corrected chi connectivity index (χ2v) is 2.58. The molecule has 1 aromatic rings. The number of carbonyl (C=O) groups is 1. The Labute approximate surface area is 77.1 Å². The summed E-state index contributed by atoms with van der Waals surface area (Å²) < 4.78 is 4.77. The number of amides is 1. The number of nitrogens with one attached hydrogen (secondary N) is 1. The predicted octanol–water partition coefficient (Wildman–Crippen LogP) is 1.42. The second kappa shape index (κ2) is 5.04. The molecule has 1 aromatic heterocycles. The summed E-state index contributed by atoms with van der Waals surface area (Å²) in [5, 5.41) is 2.73. The van der Waals surface area contributed by atoms with Gasteiger partial charge in [-0.3, -0.25) is 4.79 Å². The zero-order chi connectivity index (χ0) is 9.52. The van der Waals surface area contributed by atoms with Gasteiger partial charge in [0.15, 0.2) is 0 Å². The van der Waals surface area contributed by atoms with Crippen LogP contribution in [0.5, 0.6) is 0 Å². The monoisotopic (exact) mass is 177 g/mol. The number of hydrogen-bond acceptors (Lipinski definition) is 2. The van der Waals surface area contributed by atoms with Crippen molar-refractivity contribution in [2.75, 3.05) is 6.54 Å². The number of hydrogen-bond donors (Lipinski definition) is 1. The summed E-state index contributed by atoms with van der Waals surface area (Å²) in [6, 6.07) is 1.62. The number of carbonyl (C=O) groups excluding carboxylic acids is 1. The van der Waals surface area contributed by atoms with Gasteiger partial charge in [0.1, 0.15) is 6.26 Å². The number of rotatable bonds is 4. The van der Waals surface area contributed by atoms with Crippen LogP contribution in [0, 0.1) is 12.3 Å². The lowest BCUT2D eigenvalue weighted by Crippen LogP contribution is -2.23. The molecule has 0 saturated carbocycles. The van der Waals surface area contributed by atoms with Gasteiger partial charge in [-0.05, 0) is 12.5 Å². The molecule has 1 heterocycles. The normalized spacial score (nSPS) is 9.15. The highest BCUT2D eigenvalue weighted by Gasteiger charge is 2.04.